The smallest absolute Gasteiger partial charge is 0.289 e. The van der Waals surface area contributed by atoms with Gasteiger partial charge in [-0.2, -0.15) is 0 Å². The van der Waals surface area contributed by atoms with Gasteiger partial charge in [0.15, 0.2) is 0 Å². The van der Waals surface area contributed by atoms with Gasteiger partial charge in [-0.25, -0.2) is 4.98 Å². The highest BCUT2D eigenvalue weighted by atomic mass is 35.5. The Labute approximate surface area is 116 Å². The lowest BCUT2D eigenvalue weighted by molar-refractivity contribution is -0.385. The van der Waals surface area contributed by atoms with Crippen LogP contribution in [0.1, 0.15) is 19.3 Å². The Morgan fingerprint density at radius 2 is 2.26 bits per heavy atom. The fourth-order valence-corrected chi connectivity index (χ4v) is 2.50. The van der Waals surface area contributed by atoms with E-state index in [0.29, 0.717) is 5.82 Å². The predicted molar refractivity (Wildman–Crippen MR) is 74.7 cm³/mol. The summed E-state index contributed by atoms with van der Waals surface area (Å²) < 4.78 is 0. The van der Waals surface area contributed by atoms with Crippen molar-refractivity contribution in [3.63, 3.8) is 0 Å². The van der Waals surface area contributed by atoms with Crippen LogP contribution in [0.25, 0.3) is 0 Å². The van der Waals surface area contributed by atoms with Crippen LogP contribution in [0, 0.1) is 10.1 Å². The summed E-state index contributed by atoms with van der Waals surface area (Å²) in [5.41, 5.74) is 0.0498. The van der Waals surface area contributed by atoms with E-state index >= 15 is 0 Å². The van der Waals surface area contributed by atoms with Gasteiger partial charge in [0, 0.05) is 18.2 Å². The van der Waals surface area contributed by atoms with Gasteiger partial charge < -0.3 is 10.2 Å². The van der Waals surface area contributed by atoms with Gasteiger partial charge in [-0.3, -0.25) is 10.1 Å². The first-order chi connectivity index (χ1) is 8.94. The fraction of sp³-hybridized carbons (Fsp3) is 0.583. The molecule has 0 aliphatic heterocycles. The van der Waals surface area contributed by atoms with Crippen molar-refractivity contribution in [2.75, 3.05) is 26.0 Å². The molecule has 0 unspecified atom stereocenters. The van der Waals surface area contributed by atoms with Crippen molar-refractivity contribution in [2.45, 2.75) is 24.8 Å². The molecule has 0 aromatic carbocycles. The zero-order valence-corrected chi connectivity index (χ0v) is 11.8. The molecular weight excluding hydrogens is 268 g/mol. The zero-order chi connectivity index (χ0) is 14.0. The molecule has 1 aliphatic rings. The van der Waals surface area contributed by atoms with E-state index < -0.39 is 4.92 Å². The quantitative estimate of drug-likeness (QED) is 0.664. The molecule has 7 heteroatoms. The van der Waals surface area contributed by atoms with E-state index in [1.807, 2.05) is 0 Å². The lowest BCUT2D eigenvalue weighted by Crippen LogP contribution is -2.54. The van der Waals surface area contributed by atoms with Crippen molar-refractivity contribution in [2.24, 2.45) is 0 Å². The summed E-state index contributed by atoms with van der Waals surface area (Å²) in [7, 11) is 4.12. The van der Waals surface area contributed by atoms with Crippen LogP contribution in [0.4, 0.5) is 11.5 Å². The van der Waals surface area contributed by atoms with E-state index in [1.165, 1.54) is 18.7 Å². The number of halogens is 1. The van der Waals surface area contributed by atoms with Gasteiger partial charge >= 0.3 is 0 Å². The number of likely N-dealkylation sites (N-methyl/N-ethyl adjacent to an activating group) is 1. The van der Waals surface area contributed by atoms with Crippen molar-refractivity contribution >= 4 is 23.1 Å². The molecule has 0 spiro atoms. The number of hydrogen-bond acceptors (Lipinski definition) is 5. The lowest BCUT2D eigenvalue weighted by atomic mass is 9.75. The van der Waals surface area contributed by atoms with Crippen molar-refractivity contribution < 1.29 is 4.92 Å². The van der Waals surface area contributed by atoms with Crippen molar-refractivity contribution in [3.8, 4) is 0 Å². The second-order valence-electron chi connectivity index (χ2n) is 5.11. The minimum Gasteiger partial charge on any atom is -0.367 e. The van der Waals surface area contributed by atoms with Crippen molar-refractivity contribution in [1.29, 1.82) is 0 Å². The number of aromatic nitrogens is 1. The number of pyridine rings is 1. The van der Waals surface area contributed by atoms with E-state index in [1.54, 1.807) is 0 Å². The predicted octanol–water partition coefficient (Wildman–Crippen LogP) is 2.54. The summed E-state index contributed by atoms with van der Waals surface area (Å²) in [5, 5.41) is 14.1. The maximum atomic E-state index is 10.6. The number of anilines is 1. The van der Waals surface area contributed by atoms with Crippen LogP contribution >= 0.6 is 11.6 Å². The first-order valence-electron chi connectivity index (χ1n) is 6.16. The standard InChI is InChI=1S/C12H17ClN4O2/c1-16(2)12(4-3-5-12)8-15-11-10(13)6-9(7-14-11)17(18)19/h6-7H,3-5,8H2,1-2H3,(H,14,15). The molecule has 1 heterocycles. The molecule has 1 aliphatic carbocycles. The third kappa shape index (κ3) is 2.79. The Hall–Kier alpha value is -1.40. The largest absolute Gasteiger partial charge is 0.367 e. The molecule has 1 fully saturated rings. The van der Waals surface area contributed by atoms with Gasteiger partial charge in [-0.15, -0.1) is 0 Å². The minimum atomic E-state index is -0.504. The molecule has 1 N–H and O–H groups in total. The van der Waals surface area contributed by atoms with E-state index in [4.69, 9.17) is 11.6 Å². The number of hydrogen-bond donors (Lipinski definition) is 1. The van der Waals surface area contributed by atoms with E-state index in [2.05, 4.69) is 29.3 Å². The summed E-state index contributed by atoms with van der Waals surface area (Å²) in [6, 6.07) is 1.32. The number of nitrogens with one attached hydrogen (secondary N) is 1. The Kier molecular flexibility index (Phi) is 3.91. The SMILES string of the molecule is CN(C)C1(CNc2ncc([N+](=O)[O-])cc2Cl)CCC1. The van der Waals surface area contributed by atoms with Crippen LogP contribution in [-0.2, 0) is 0 Å². The van der Waals surface area contributed by atoms with Crippen LogP contribution in [0.5, 0.6) is 0 Å². The monoisotopic (exact) mass is 284 g/mol. The highest BCUT2D eigenvalue weighted by molar-refractivity contribution is 6.33. The van der Waals surface area contributed by atoms with Gasteiger partial charge in [-0.05, 0) is 33.4 Å². The maximum Gasteiger partial charge on any atom is 0.289 e. The van der Waals surface area contributed by atoms with Crippen LogP contribution in [0.3, 0.4) is 0 Å². The molecule has 0 amide bonds. The number of nitro groups is 1. The molecule has 0 saturated heterocycles. The molecule has 1 saturated carbocycles. The van der Waals surface area contributed by atoms with Crippen LogP contribution in [-0.4, -0.2) is 41.0 Å². The molecule has 1 aromatic heterocycles. The van der Waals surface area contributed by atoms with Gasteiger partial charge in [0.2, 0.25) is 0 Å². The summed E-state index contributed by atoms with van der Waals surface area (Å²) in [4.78, 5) is 16.3. The Morgan fingerprint density at radius 1 is 1.58 bits per heavy atom. The highest BCUT2D eigenvalue weighted by Gasteiger charge is 2.38. The van der Waals surface area contributed by atoms with Crippen LogP contribution in [0.15, 0.2) is 12.3 Å². The molecule has 0 radical (unpaired) electrons. The molecule has 19 heavy (non-hydrogen) atoms. The molecular formula is C12H17ClN4O2. The van der Waals surface area contributed by atoms with Gasteiger partial charge in [-0.1, -0.05) is 11.6 Å². The molecule has 0 bridgehead atoms. The fourth-order valence-electron chi connectivity index (χ4n) is 2.27. The molecule has 2 rings (SSSR count). The second kappa shape index (κ2) is 5.30. The first-order valence-corrected chi connectivity index (χ1v) is 6.54. The topological polar surface area (TPSA) is 71.3 Å². The first kappa shape index (κ1) is 14.0. The number of rotatable bonds is 5. The number of nitrogens with zero attached hydrogens (tertiary/aromatic N) is 3. The summed E-state index contributed by atoms with van der Waals surface area (Å²) in [6.45, 7) is 0.741. The third-order valence-electron chi connectivity index (χ3n) is 3.86. The molecule has 1 aromatic rings. The normalized spacial score (nSPS) is 17.1. The van der Waals surface area contributed by atoms with Gasteiger partial charge in [0.1, 0.15) is 12.0 Å². The highest BCUT2D eigenvalue weighted by Crippen LogP contribution is 2.36. The molecule has 0 atom stereocenters. The summed E-state index contributed by atoms with van der Waals surface area (Å²) >= 11 is 6.00. The summed E-state index contributed by atoms with van der Waals surface area (Å²) in [6.07, 6.45) is 4.72. The van der Waals surface area contributed by atoms with Crippen LogP contribution < -0.4 is 5.32 Å². The average Bonchev–Trinajstić information content (AvgIpc) is 2.28. The van der Waals surface area contributed by atoms with Crippen molar-refractivity contribution in [3.05, 3.63) is 27.4 Å². The Bertz CT molecular complexity index is 489. The lowest BCUT2D eigenvalue weighted by Gasteiger charge is -2.47. The maximum absolute atomic E-state index is 10.6. The van der Waals surface area contributed by atoms with E-state index in [-0.39, 0.29) is 16.2 Å². The van der Waals surface area contributed by atoms with Gasteiger partial charge in [0.25, 0.3) is 5.69 Å². The van der Waals surface area contributed by atoms with E-state index in [9.17, 15) is 10.1 Å². The minimum absolute atomic E-state index is 0.0958. The van der Waals surface area contributed by atoms with Crippen LogP contribution in [0.2, 0.25) is 5.02 Å². The zero-order valence-electron chi connectivity index (χ0n) is 11.0. The average molecular weight is 285 g/mol. The Balaban J connectivity index is 2.06. The van der Waals surface area contributed by atoms with Gasteiger partial charge in [0.05, 0.1) is 9.95 Å². The molecule has 6 nitrogen and oxygen atoms in total. The van der Waals surface area contributed by atoms with E-state index in [0.717, 1.165) is 19.4 Å². The van der Waals surface area contributed by atoms with Crippen molar-refractivity contribution in [1.82, 2.24) is 9.88 Å². The summed E-state index contributed by atoms with van der Waals surface area (Å²) in [5.74, 6) is 0.500. The second-order valence-corrected chi connectivity index (χ2v) is 5.51. The Morgan fingerprint density at radius 3 is 2.68 bits per heavy atom. The third-order valence-corrected chi connectivity index (χ3v) is 4.14. The molecule has 104 valence electrons.